The van der Waals surface area contributed by atoms with Gasteiger partial charge in [-0.3, -0.25) is 9.78 Å². The molecule has 1 atom stereocenters. The lowest BCUT2D eigenvalue weighted by Crippen LogP contribution is -2.31. The molecule has 0 saturated heterocycles. The smallest absolute Gasteiger partial charge is 0.226 e. The highest BCUT2D eigenvalue weighted by atomic mass is 16.3. The number of aromatic nitrogens is 4. The molecule has 7 nitrogen and oxygen atoms in total. The molecule has 3 heterocycles. The minimum Gasteiger partial charge on any atom is -0.508 e. The number of nitrogens with zero attached hydrogens (tertiary/aromatic N) is 4. The molecule has 0 fully saturated rings. The van der Waals surface area contributed by atoms with Gasteiger partial charge in [-0.25, -0.2) is 4.68 Å². The monoisotopic (exact) mass is 359 g/mol. The summed E-state index contributed by atoms with van der Waals surface area (Å²) in [6.07, 6.45) is 5.59. The first-order valence-corrected chi connectivity index (χ1v) is 8.90. The highest BCUT2D eigenvalue weighted by Gasteiger charge is 2.36. The van der Waals surface area contributed by atoms with Crippen LogP contribution in [0.3, 0.4) is 0 Å². The van der Waals surface area contributed by atoms with E-state index in [9.17, 15) is 9.90 Å². The number of fused-ring (bicyclic) bond motifs is 1. The second-order valence-electron chi connectivity index (χ2n) is 6.73. The first-order valence-electron chi connectivity index (χ1n) is 8.90. The zero-order valence-electron chi connectivity index (χ0n) is 14.5. The van der Waals surface area contributed by atoms with E-state index >= 15 is 0 Å². The van der Waals surface area contributed by atoms with Gasteiger partial charge in [0.1, 0.15) is 11.8 Å². The highest BCUT2D eigenvalue weighted by molar-refractivity contribution is 5.99. The van der Waals surface area contributed by atoms with Crippen LogP contribution in [0.25, 0.3) is 11.4 Å². The maximum Gasteiger partial charge on any atom is 0.226 e. The summed E-state index contributed by atoms with van der Waals surface area (Å²) in [5.74, 6) is 1.52. The molecular formula is C20H17N5O2. The molecule has 27 heavy (non-hydrogen) atoms. The van der Waals surface area contributed by atoms with Gasteiger partial charge in [-0.05, 0) is 42.7 Å². The van der Waals surface area contributed by atoms with Crippen LogP contribution in [0.2, 0.25) is 0 Å². The van der Waals surface area contributed by atoms with E-state index in [0.29, 0.717) is 18.2 Å². The van der Waals surface area contributed by atoms with E-state index in [0.717, 1.165) is 35.2 Å². The Balaban J connectivity index is 1.68. The molecule has 0 amide bonds. The summed E-state index contributed by atoms with van der Waals surface area (Å²) in [4.78, 5) is 21.4. The lowest BCUT2D eigenvalue weighted by atomic mass is 9.85. The SMILES string of the molecule is O=C1CCCC2=C1C(c1ccc(O)cc1)n1nc(-c3ccncc3)nc1N2. The number of rotatable bonds is 2. The fourth-order valence-corrected chi connectivity index (χ4v) is 3.74. The van der Waals surface area contributed by atoms with Crippen LogP contribution in [0, 0.1) is 0 Å². The van der Waals surface area contributed by atoms with Crippen molar-refractivity contribution in [1.82, 2.24) is 19.7 Å². The standard InChI is InChI=1S/C20H17N5O2/c26-14-6-4-12(5-7-14)18-17-15(2-1-3-16(17)27)22-20-23-19(24-25(18)20)13-8-10-21-11-9-13/h4-11,18,26H,1-3H2,(H,22,23,24). The maximum absolute atomic E-state index is 12.7. The molecular weight excluding hydrogens is 342 g/mol. The van der Waals surface area contributed by atoms with Crippen LogP contribution in [-0.4, -0.2) is 30.6 Å². The molecule has 2 aliphatic rings. The van der Waals surface area contributed by atoms with Gasteiger partial charge in [-0.15, -0.1) is 5.10 Å². The summed E-state index contributed by atoms with van der Waals surface area (Å²) in [6.45, 7) is 0. The number of Topliss-reactive ketones (excluding diaryl/α,β-unsaturated/α-hetero) is 1. The number of nitrogens with one attached hydrogen (secondary N) is 1. The average molecular weight is 359 g/mol. The quantitative estimate of drug-likeness (QED) is 0.730. The molecule has 7 heteroatoms. The fraction of sp³-hybridized carbons (Fsp3) is 0.200. The minimum absolute atomic E-state index is 0.133. The number of anilines is 1. The molecule has 2 aromatic heterocycles. The number of carbonyl (C=O) groups excluding carboxylic acids is 1. The number of pyridine rings is 1. The largest absolute Gasteiger partial charge is 0.508 e. The molecule has 1 aromatic carbocycles. The van der Waals surface area contributed by atoms with Crippen LogP contribution >= 0.6 is 0 Å². The predicted octanol–water partition coefficient (Wildman–Crippen LogP) is 3.07. The molecule has 2 N–H and O–H groups in total. The zero-order chi connectivity index (χ0) is 18.4. The summed E-state index contributed by atoms with van der Waals surface area (Å²) < 4.78 is 1.77. The van der Waals surface area contributed by atoms with Crippen LogP contribution in [0.1, 0.15) is 30.9 Å². The third-order valence-corrected chi connectivity index (χ3v) is 5.02. The van der Waals surface area contributed by atoms with Crippen molar-refractivity contribution in [2.75, 3.05) is 5.32 Å². The molecule has 0 bridgehead atoms. The third-order valence-electron chi connectivity index (χ3n) is 5.02. The van der Waals surface area contributed by atoms with Crippen molar-refractivity contribution in [3.63, 3.8) is 0 Å². The number of ketones is 1. The summed E-state index contributed by atoms with van der Waals surface area (Å²) in [6, 6.07) is 10.3. The summed E-state index contributed by atoms with van der Waals surface area (Å²) in [5, 5.41) is 17.7. The molecule has 134 valence electrons. The van der Waals surface area contributed by atoms with Crippen molar-refractivity contribution in [3.05, 3.63) is 65.6 Å². The van der Waals surface area contributed by atoms with E-state index < -0.39 is 0 Å². The van der Waals surface area contributed by atoms with Crippen LogP contribution in [0.5, 0.6) is 5.75 Å². The van der Waals surface area contributed by atoms with E-state index in [2.05, 4.69) is 15.3 Å². The van der Waals surface area contributed by atoms with Gasteiger partial charge in [0.15, 0.2) is 11.6 Å². The van der Waals surface area contributed by atoms with Crippen molar-refractivity contribution in [3.8, 4) is 17.1 Å². The molecule has 1 unspecified atom stereocenters. The number of hydrogen-bond donors (Lipinski definition) is 2. The zero-order valence-corrected chi connectivity index (χ0v) is 14.5. The Kier molecular flexibility index (Phi) is 3.53. The molecule has 1 aliphatic carbocycles. The molecule has 0 saturated carbocycles. The number of allylic oxidation sites excluding steroid dienone is 2. The maximum atomic E-state index is 12.7. The van der Waals surface area contributed by atoms with E-state index in [1.165, 1.54) is 0 Å². The lowest BCUT2D eigenvalue weighted by molar-refractivity contribution is -0.116. The van der Waals surface area contributed by atoms with Gasteiger partial charge < -0.3 is 10.4 Å². The Morgan fingerprint density at radius 3 is 2.63 bits per heavy atom. The number of hydrogen-bond acceptors (Lipinski definition) is 6. The number of aromatic hydroxyl groups is 1. The average Bonchev–Trinajstić information content (AvgIpc) is 3.12. The van der Waals surface area contributed by atoms with Gasteiger partial charge in [-0.1, -0.05) is 12.1 Å². The van der Waals surface area contributed by atoms with Crippen LogP contribution < -0.4 is 5.32 Å². The second-order valence-corrected chi connectivity index (χ2v) is 6.73. The van der Waals surface area contributed by atoms with Crippen LogP contribution in [0.15, 0.2) is 60.1 Å². The van der Waals surface area contributed by atoms with E-state index in [1.54, 1.807) is 29.2 Å². The Bertz CT molecular complexity index is 1050. The van der Waals surface area contributed by atoms with Gasteiger partial charge in [0.05, 0.1) is 0 Å². The summed E-state index contributed by atoms with van der Waals surface area (Å²) in [5.41, 5.74) is 3.42. The van der Waals surface area contributed by atoms with E-state index in [1.807, 2.05) is 24.3 Å². The summed E-state index contributed by atoms with van der Waals surface area (Å²) >= 11 is 0. The van der Waals surface area contributed by atoms with Crippen LogP contribution in [0.4, 0.5) is 5.95 Å². The van der Waals surface area contributed by atoms with Gasteiger partial charge in [0.2, 0.25) is 5.95 Å². The topological polar surface area (TPSA) is 92.9 Å². The number of benzene rings is 1. The molecule has 0 spiro atoms. The second kappa shape index (κ2) is 6.05. The van der Waals surface area contributed by atoms with Crippen LogP contribution in [-0.2, 0) is 4.79 Å². The number of phenols is 1. The van der Waals surface area contributed by atoms with Gasteiger partial charge in [0.25, 0.3) is 0 Å². The Morgan fingerprint density at radius 2 is 1.85 bits per heavy atom. The van der Waals surface area contributed by atoms with Gasteiger partial charge >= 0.3 is 0 Å². The van der Waals surface area contributed by atoms with Crippen molar-refractivity contribution >= 4 is 11.7 Å². The third kappa shape index (κ3) is 2.59. The van der Waals surface area contributed by atoms with Gasteiger partial charge in [0, 0.05) is 35.6 Å². The first-order chi connectivity index (χ1) is 13.2. The van der Waals surface area contributed by atoms with E-state index in [-0.39, 0.29) is 17.6 Å². The molecule has 0 radical (unpaired) electrons. The summed E-state index contributed by atoms with van der Waals surface area (Å²) in [7, 11) is 0. The first kappa shape index (κ1) is 15.7. The Morgan fingerprint density at radius 1 is 1.07 bits per heavy atom. The van der Waals surface area contributed by atoms with Crippen molar-refractivity contribution in [2.24, 2.45) is 0 Å². The highest BCUT2D eigenvalue weighted by Crippen LogP contribution is 2.40. The Hall–Kier alpha value is -3.48. The molecule has 5 rings (SSSR count). The number of carbonyl (C=O) groups is 1. The van der Waals surface area contributed by atoms with E-state index in [4.69, 9.17) is 5.10 Å². The number of phenolic OH excluding ortho intramolecular Hbond substituents is 1. The van der Waals surface area contributed by atoms with Crippen molar-refractivity contribution in [2.45, 2.75) is 25.3 Å². The lowest BCUT2D eigenvalue weighted by Gasteiger charge is -2.32. The fourth-order valence-electron chi connectivity index (χ4n) is 3.74. The Labute approximate surface area is 155 Å². The minimum atomic E-state index is -0.354. The van der Waals surface area contributed by atoms with Gasteiger partial charge in [-0.2, -0.15) is 4.98 Å². The normalized spacial score (nSPS) is 18.7. The van der Waals surface area contributed by atoms with Crippen molar-refractivity contribution < 1.29 is 9.90 Å². The molecule has 3 aromatic rings. The molecule has 1 aliphatic heterocycles. The predicted molar refractivity (Wildman–Crippen MR) is 99.0 cm³/mol. The van der Waals surface area contributed by atoms with Crippen molar-refractivity contribution in [1.29, 1.82) is 0 Å².